The van der Waals surface area contributed by atoms with Crippen molar-refractivity contribution in [3.05, 3.63) is 54.4 Å². The number of benzene rings is 2. The van der Waals surface area contributed by atoms with E-state index in [9.17, 15) is 9.90 Å². The molecule has 2 heterocycles. The Labute approximate surface area is 148 Å². The highest BCUT2D eigenvalue weighted by molar-refractivity contribution is 7.81. The van der Waals surface area contributed by atoms with Gasteiger partial charge in [-0.25, -0.2) is 4.98 Å². The molecule has 0 saturated heterocycles. The second-order valence-corrected chi connectivity index (χ2v) is 5.92. The number of fused-ring (bicyclic) bond motifs is 1. The van der Waals surface area contributed by atoms with E-state index in [2.05, 4.69) is 17.6 Å². The molecule has 1 unspecified atom stereocenters. The van der Waals surface area contributed by atoms with Crippen LogP contribution in [0.3, 0.4) is 0 Å². The van der Waals surface area contributed by atoms with Gasteiger partial charge < -0.3 is 19.0 Å². The molecule has 126 valence electrons. The number of carbonyl (C=O) groups is 1. The molecule has 1 N–H and O–H groups in total. The van der Waals surface area contributed by atoms with Crippen LogP contribution in [0.25, 0.3) is 22.6 Å². The van der Waals surface area contributed by atoms with Crippen LogP contribution in [0, 0.1) is 0 Å². The lowest BCUT2D eigenvalue weighted by Gasteiger charge is -2.03. The maximum atomic E-state index is 11.2. The third-order valence-electron chi connectivity index (χ3n) is 3.79. The lowest BCUT2D eigenvalue weighted by molar-refractivity contribution is -0.136. The molecule has 0 spiro atoms. The number of aromatic nitrogens is 1. The molecule has 4 rings (SSSR count). The fraction of sp³-hybridized carbons (Fsp3) is 0.111. The van der Waals surface area contributed by atoms with Gasteiger partial charge in [0.05, 0.1) is 0 Å². The summed E-state index contributed by atoms with van der Waals surface area (Å²) in [6.07, 6.45) is 0. The first-order valence-corrected chi connectivity index (χ1v) is 8.02. The van der Waals surface area contributed by atoms with E-state index in [0.717, 1.165) is 5.56 Å². The maximum absolute atomic E-state index is 11.2. The molecule has 3 aromatic rings. The Morgan fingerprint density at radius 3 is 2.60 bits per heavy atom. The lowest BCUT2D eigenvalue weighted by atomic mass is 10.1. The van der Waals surface area contributed by atoms with E-state index in [4.69, 9.17) is 13.9 Å². The van der Waals surface area contributed by atoms with E-state index in [0.29, 0.717) is 28.5 Å². The summed E-state index contributed by atoms with van der Waals surface area (Å²) in [4.78, 5) is 15.6. The summed E-state index contributed by atoms with van der Waals surface area (Å²) in [6.45, 7) is 0.170. The Hall–Kier alpha value is -2.93. The lowest BCUT2D eigenvalue weighted by Crippen LogP contribution is -2.05. The van der Waals surface area contributed by atoms with E-state index in [1.54, 1.807) is 12.1 Å². The molecule has 7 heteroatoms. The van der Waals surface area contributed by atoms with Crippen LogP contribution in [0.5, 0.6) is 11.5 Å². The number of nitrogens with zero attached hydrogens (tertiary/aromatic N) is 1. The highest BCUT2D eigenvalue weighted by Crippen LogP contribution is 2.40. The van der Waals surface area contributed by atoms with Crippen LogP contribution in [0.1, 0.15) is 11.1 Å². The summed E-state index contributed by atoms with van der Waals surface area (Å²) in [7, 11) is 0. The van der Waals surface area contributed by atoms with Gasteiger partial charge in [-0.1, -0.05) is 30.3 Å². The normalized spacial score (nSPS) is 13.6. The number of carboxylic acid groups (broad SMARTS) is 1. The van der Waals surface area contributed by atoms with Crippen LogP contribution in [0.15, 0.2) is 52.9 Å². The van der Waals surface area contributed by atoms with Crippen molar-refractivity contribution in [1.82, 2.24) is 4.98 Å². The second kappa shape index (κ2) is 6.18. The van der Waals surface area contributed by atoms with Crippen LogP contribution >= 0.6 is 12.6 Å². The molecule has 1 atom stereocenters. The van der Waals surface area contributed by atoms with Crippen molar-refractivity contribution < 1.29 is 23.8 Å². The van der Waals surface area contributed by atoms with Crippen molar-refractivity contribution in [1.29, 1.82) is 0 Å². The van der Waals surface area contributed by atoms with E-state index in [1.807, 2.05) is 36.4 Å². The van der Waals surface area contributed by atoms with Gasteiger partial charge in [0.25, 0.3) is 0 Å². The predicted molar refractivity (Wildman–Crippen MR) is 92.9 cm³/mol. The number of hydrogen-bond donors (Lipinski definition) is 2. The van der Waals surface area contributed by atoms with Gasteiger partial charge in [0, 0.05) is 11.1 Å². The molecule has 0 radical (unpaired) electrons. The third-order valence-corrected chi connectivity index (χ3v) is 4.24. The van der Waals surface area contributed by atoms with E-state index < -0.39 is 11.2 Å². The van der Waals surface area contributed by atoms with Gasteiger partial charge in [0.15, 0.2) is 22.5 Å². The maximum Gasteiger partial charge on any atom is 0.325 e. The van der Waals surface area contributed by atoms with E-state index >= 15 is 0 Å². The fourth-order valence-corrected chi connectivity index (χ4v) is 2.69. The van der Waals surface area contributed by atoms with Gasteiger partial charge in [-0.2, -0.15) is 12.6 Å². The van der Waals surface area contributed by atoms with Crippen LogP contribution in [-0.2, 0) is 4.79 Å². The van der Waals surface area contributed by atoms with Crippen LogP contribution < -0.4 is 9.47 Å². The number of rotatable bonds is 4. The van der Waals surface area contributed by atoms with Crippen molar-refractivity contribution >= 4 is 18.6 Å². The third kappa shape index (κ3) is 2.83. The molecule has 1 aliphatic heterocycles. The first kappa shape index (κ1) is 15.6. The molecule has 1 aliphatic rings. The van der Waals surface area contributed by atoms with Crippen molar-refractivity contribution in [2.45, 2.75) is 5.25 Å². The average Bonchev–Trinajstić information content (AvgIpc) is 3.28. The number of oxazole rings is 1. The molecular weight excluding hydrogens is 342 g/mol. The Kier molecular flexibility index (Phi) is 3.85. The van der Waals surface area contributed by atoms with Gasteiger partial charge in [-0.05, 0) is 18.2 Å². The van der Waals surface area contributed by atoms with Gasteiger partial charge in [-0.3, -0.25) is 4.79 Å². The molecule has 0 amide bonds. The minimum Gasteiger partial charge on any atom is -0.480 e. The molecule has 25 heavy (non-hydrogen) atoms. The summed E-state index contributed by atoms with van der Waals surface area (Å²) in [5, 5.41) is 8.04. The Morgan fingerprint density at radius 1 is 1.08 bits per heavy atom. The number of aliphatic carboxylic acids is 1. The highest BCUT2D eigenvalue weighted by atomic mass is 32.1. The number of carboxylic acids is 1. The predicted octanol–water partition coefficient (Wildman–Crippen LogP) is 3.79. The number of thiol groups is 1. The molecule has 0 fully saturated rings. The minimum absolute atomic E-state index is 0.0300. The largest absolute Gasteiger partial charge is 0.480 e. The smallest absolute Gasteiger partial charge is 0.325 e. The summed E-state index contributed by atoms with van der Waals surface area (Å²) in [5.41, 5.74) is 2.08. The molecule has 0 bridgehead atoms. The van der Waals surface area contributed by atoms with Gasteiger partial charge >= 0.3 is 5.97 Å². The Morgan fingerprint density at radius 2 is 1.84 bits per heavy atom. The number of hydrogen-bond acceptors (Lipinski definition) is 6. The zero-order valence-corrected chi connectivity index (χ0v) is 13.8. The SMILES string of the molecule is O=C(O)C(S)c1nc(-c2ccccc2)c(-c2ccc3c(c2)OCO3)o1. The number of ether oxygens (including phenoxy) is 2. The molecular formula is C18H13NO5S. The molecule has 2 aromatic carbocycles. The van der Waals surface area contributed by atoms with E-state index in [1.165, 1.54) is 0 Å². The standard InChI is InChI=1S/C18H13NO5S/c20-18(21)16(25)17-19-14(10-4-2-1-3-5-10)15(24-17)11-6-7-12-13(8-11)23-9-22-12/h1-8,16,25H,9H2,(H,20,21). The van der Waals surface area contributed by atoms with Crippen molar-refractivity contribution in [2.75, 3.05) is 6.79 Å². The monoisotopic (exact) mass is 355 g/mol. The Balaban J connectivity index is 1.86. The average molecular weight is 355 g/mol. The van der Waals surface area contributed by atoms with Gasteiger partial charge in [-0.15, -0.1) is 0 Å². The van der Waals surface area contributed by atoms with E-state index in [-0.39, 0.29) is 12.7 Å². The summed E-state index contributed by atoms with van der Waals surface area (Å²) in [6, 6.07) is 14.8. The molecule has 1 aromatic heterocycles. The second-order valence-electron chi connectivity index (χ2n) is 5.40. The minimum atomic E-state index is -1.15. The molecule has 6 nitrogen and oxygen atoms in total. The fourth-order valence-electron chi connectivity index (χ4n) is 2.58. The van der Waals surface area contributed by atoms with Crippen LogP contribution in [0.4, 0.5) is 0 Å². The molecule has 0 saturated carbocycles. The highest BCUT2D eigenvalue weighted by Gasteiger charge is 2.26. The zero-order chi connectivity index (χ0) is 17.4. The molecule has 0 aliphatic carbocycles. The first-order chi connectivity index (χ1) is 12.1. The Bertz CT molecular complexity index is 938. The topological polar surface area (TPSA) is 81.8 Å². The van der Waals surface area contributed by atoms with Crippen molar-refractivity contribution in [2.24, 2.45) is 0 Å². The summed E-state index contributed by atoms with van der Waals surface area (Å²) >= 11 is 4.06. The van der Waals surface area contributed by atoms with Crippen molar-refractivity contribution in [3.8, 4) is 34.1 Å². The van der Waals surface area contributed by atoms with Crippen molar-refractivity contribution in [3.63, 3.8) is 0 Å². The zero-order valence-electron chi connectivity index (χ0n) is 12.9. The first-order valence-electron chi connectivity index (χ1n) is 7.50. The summed E-state index contributed by atoms with van der Waals surface area (Å²) in [5.74, 6) is 0.626. The van der Waals surface area contributed by atoms with Crippen LogP contribution in [0.2, 0.25) is 0 Å². The quantitative estimate of drug-likeness (QED) is 0.693. The van der Waals surface area contributed by atoms with Gasteiger partial charge in [0.2, 0.25) is 12.7 Å². The summed E-state index contributed by atoms with van der Waals surface area (Å²) < 4.78 is 16.5. The van der Waals surface area contributed by atoms with Crippen LogP contribution in [-0.4, -0.2) is 22.9 Å². The van der Waals surface area contributed by atoms with Gasteiger partial charge in [0.1, 0.15) is 5.69 Å².